The Morgan fingerprint density at radius 2 is 2.04 bits per heavy atom. The molecule has 0 saturated carbocycles. The number of carbonyl (C=O) groups is 1. The second-order valence-electron chi connectivity index (χ2n) is 6.22. The molecule has 6 nitrogen and oxygen atoms in total. The molecule has 0 fully saturated rings. The number of urea groups is 1. The molecule has 0 bridgehead atoms. The number of anilines is 1. The van der Waals surface area contributed by atoms with Gasteiger partial charge in [-0.3, -0.25) is 0 Å². The monoisotopic (exact) mass is 334 g/mol. The van der Waals surface area contributed by atoms with E-state index in [1.807, 2.05) is 38.3 Å². The summed E-state index contributed by atoms with van der Waals surface area (Å²) in [4.78, 5) is 21.7. The van der Waals surface area contributed by atoms with Crippen molar-refractivity contribution >= 4 is 23.1 Å². The first-order chi connectivity index (χ1) is 10.9. The average Bonchev–Trinajstić information content (AvgIpc) is 3.00. The SMILES string of the molecule is CC(C)(C)c1ncc(NC(=O)N[C@H](CCO)c2cccs2)cn1. The van der Waals surface area contributed by atoms with Gasteiger partial charge in [0.05, 0.1) is 24.1 Å². The van der Waals surface area contributed by atoms with E-state index in [0.717, 1.165) is 10.7 Å². The van der Waals surface area contributed by atoms with Gasteiger partial charge in [0.25, 0.3) is 0 Å². The third-order valence-electron chi connectivity index (χ3n) is 3.19. The summed E-state index contributed by atoms with van der Waals surface area (Å²) in [6.07, 6.45) is 3.66. The Labute approximate surface area is 140 Å². The van der Waals surface area contributed by atoms with Crippen LogP contribution in [0.3, 0.4) is 0 Å². The van der Waals surface area contributed by atoms with Crippen LogP contribution in [-0.2, 0) is 5.41 Å². The molecular weight excluding hydrogens is 312 g/mol. The van der Waals surface area contributed by atoms with E-state index in [1.165, 1.54) is 0 Å². The van der Waals surface area contributed by atoms with Crippen molar-refractivity contribution in [2.45, 2.75) is 38.6 Å². The van der Waals surface area contributed by atoms with Crippen molar-refractivity contribution in [1.29, 1.82) is 0 Å². The molecule has 124 valence electrons. The Kier molecular flexibility index (Phi) is 5.68. The molecule has 0 spiro atoms. The van der Waals surface area contributed by atoms with E-state index in [0.29, 0.717) is 12.1 Å². The quantitative estimate of drug-likeness (QED) is 0.784. The van der Waals surface area contributed by atoms with Crippen LogP contribution < -0.4 is 10.6 Å². The van der Waals surface area contributed by atoms with Crippen LogP contribution in [0.25, 0.3) is 0 Å². The number of nitrogens with one attached hydrogen (secondary N) is 2. The fourth-order valence-electron chi connectivity index (χ4n) is 2.01. The minimum absolute atomic E-state index is 0.00619. The van der Waals surface area contributed by atoms with Gasteiger partial charge in [0.2, 0.25) is 0 Å². The van der Waals surface area contributed by atoms with Crippen molar-refractivity contribution in [3.63, 3.8) is 0 Å². The van der Waals surface area contributed by atoms with E-state index in [9.17, 15) is 4.79 Å². The van der Waals surface area contributed by atoms with Crippen LogP contribution in [0.1, 0.15) is 43.9 Å². The largest absolute Gasteiger partial charge is 0.396 e. The number of hydrogen-bond acceptors (Lipinski definition) is 5. The lowest BCUT2D eigenvalue weighted by Gasteiger charge is -2.18. The highest BCUT2D eigenvalue weighted by Gasteiger charge is 2.18. The smallest absolute Gasteiger partial charge is 0.319 e. The van der Waals surface area contributed by atoms with Gasteiger partial charge in [0.1, 0.15) is 5.82 Å². The Bertz CT molecular complexity index is 621. The number of aliphatic hydroxyl groups excluding tert-OH is 1. The first-order valence-corrected chi connectivity index (χ1v) is 8.32. The maximum Gasteiger partial charge on any atom is 0.319 e. The second-order valence-corrected chi connectivity index (χ2v) is 7.20. The van der Waals surface area contributed by atoms with Crippen molar-refractivity contribution < 1.29 is 9.90 Å². The van der Waals surface area contributed by atoms with Crippen LogP contribution >= 0.6 is 11.3 Å². The standard InChI is InChI=1S/C16H22N4O2S/c1-16(2,3)14-17-9-11(10-18-14)19-15(22)20-12(6-7-21)13-5-4-8-23-13/h4-5,8-10,12,21H,6-7H2,1-3H3,(H2,19,20,22)/t12-/m1/s1. The van der Waals surface area contributed by atoms with E-state index in [1.54, 1.807) is 23.7 Å². The van der Waals surface area contributed by atoms with E-state index < -0.39 is 0 Å². The van der Waals surface area contributed by atoms with Crippen LogP contribution in [-0.4, -0.2) is 27.7 Å². The molecule has 3 N–H and O–H groups in total. The number of thiophene rings is 1. The number of carbonyl (C=O) groups excluding carboxylic acids is 1. The van der Waals surface area contributed by atoms with E-state index >= 15 is 0 Å². The van der Waals surface area contributed by atoms with Gasteiger partial charge in [0, 0.05) is 16.9 Å². The van der Waals surface area contributed by atoms with Crippen LogP contribution in [0.5, 0.6) is 0 Å². The zero-order valence-corrected chi connectivity index (χ0v) is 14.4. The van der Waals surface area contributed by atoms with Crippen LogP contribution in [0.2, 0.25) is 0 Å². The third-order valence-corrected chi connectivity index (χ3v) is 4.18. The third kappa shape index (κ3) is 5.01. The predicted molar refractivity (Wildman–Crippen MR) is 91.6 cm³/mol. The molecule has 0 aliphatic rings. The number of rotatable bonds is 5. The van der Waals surface area contributed by atoms with Crippen molar-refractivity contribution in [2.75, 3.05) is 11.9 Å². The topological polar surface area (TPSA) is 87.1 Å². The minimum atomic E-state index is -0.344. The average molecular weight is 334 g/mol. The molecule has 7 heteroatoms. The molecule has 2 rings (SSSR count). The molecule has 0 unspecified atom stereocenters. The van der Waals surface area contributed by atoms with Gasteiger partial charge in [-0.25, -0.2) is 14.8 Å². The number of amides is 2. The zero-order valence-electron chi connectivity index (χ0n) is 13.5. The molecule has 1 atom stereocenters. The van der Waals surface area contributed by atoms with E-state index in [-0.39, 0.29) is 24.1 Å². The van der Waals surface area contributed by atoms with Crippen LogP contribution in [0.4, 0.5) is 10.5 Å². The van der Waals surface area contributed by atoms with E-state index in [2.05, 4.69) is 20.6 Å². The van der Waals surface area contributed by atoms with Gasteiger partial charge < -0.3 is 15.7 Å². The molecule has 0 radical (unpaired) electrons. The Hall–Kier alpha value is -1.99. The maximum atomic E-state index is 12.1. The Balaban J connectivity index is 1.98. The molecule has 0 aromatic carbocycles. The van der Waals surface area contributed by atoms with E-state index in [4.69, 9.17) is 5.11 Å². The number of aliphatic hydroxyl groups is 1. The first kappa shape index (κ1) is 17.4. The summed E-state index contributed by atoms with van der Waals surface area (Å²) in [6, 6.07) is 3.30. The Morgan fingerprint density at radius 1 is 1.35 bits per heavy atom. The number of hydrogen-bond donors (Lipinski definition) is 3. The minimum Gasteiger partial charge on any atom is -0.396 e. The van der Waals surface area contributed by atoms with Crippen molar-refractivity contribution in [3.8, 4) is 0 Å². The van der Waals surface area contributed by atoms with Crippen LogP contribution in [0.15, 0.2) is 29.9 Å². The number of nitrogens with zero attached hydrogens (tertiary/aromatic N) is 2. The molecule has 0 aliphatic heterocycles. The molecule has 2 heterocycles. The van der Waals surface area contributed by atoms with Crippen molar-refractivity contribution in [1.82, 2.24) is 15.3 Å². The van der Waals surface area contributed by atoms with Crippen molar-refractivity contribution in [2.24, 2.45) is 0 Å². The lowest BCUT2D eigenvalue weighted by atomic mass is 9.96. The lowest BCUT2D eigenvalue weighted by Crippen LogP contribution is -2.32. The van der Waals surface area contributed by atoms with Gasteiger partial charge in [-0.05, 0) is 17.9 Å². The first-order valence-electron chi connectivity index (χ1n) is 7.44. The maximum absolute atomic E-state index is 12.1. The van der Waals surface area contributed by atoms with Crippen LogP contribution in [0, 0.1) is 0 Å². The summed E-state index contributed by atoms with van der Waals surface area (Å²) in [5.74, 6) is 0.722. The normalized spacial score (nSPS) is 12.7. The van der Waals surface area contributed by atoms with Gasteiger partial charge in [-0.1, -0.05) is 26.8 Å². The second kappa shape index (κ2) is 7.52. The molecule has 0 aliphatic carbocycles. The summed E-state index contributed by atoms with van der Waals surface area (Å²) < 4.78 is 0. The van der Waals surface area contributed by atoms with Gasteiger partial charge in [-0.2, -0.15) is 0 Å². The van der Waals surface area contributed by atoms with Crippen molar-refractivity contribution in [3.05, 3.63) is 40.6 Å². The Morgan fingerprint density at radius 3 is 2.57 bits per heavy atom. The summed E-state index contributed by atoms with van der Waals surface area (Å²) in [6.45, 7) is 6.10. The van der Waals surface area contributed by atoms with Gasteiger partial charge >= 0.3 is 6.03 Å². The highest BCUT2D eigenvalue weighted by Crippen LogP contribution is 2.22. The molecule has 2 aromatic heterocycles. The summed E-state index contributed by atoms with van der Waals surface area (Å²) in [5.41, 5.74) is 0.399. The lowest BCUT2D eigenvalue weighted by molar-refractivity contribution is 0.239. The zero-order chi connectivity index (χ0) is 16.9. The summed E-state index contributed by atoms with van der Waals surface area (Å²) in [7, 11) is 0. The fourth-order valence-corrected chi connectivity index (χ4v) is 2.82. The molecule has 23 heavy (non-hydrogen) atoms. The molecule has 0 saturated heterocycles. The molecule has 2 aromatic rings. The highest BCUT2D eigenvalue weighted by atomic mass is 32.1. The summed E-state index contributed by atoms with van der Waals surface area (Å²) in [5, 5.41) is 16.7. The fraction of sp³-hybridized carbons (Fsp3) is 0.438. The van der Waals surface area contributed by atoms with Gasteiger partial charge in [0.15, 0.2) is 0 Å². The summed E-state index contributed by atoms with van der Waals surface area (Å²) >= 11 is 1.55. The molecule has 2 amide bonds. The predicted octanol–water partition coefficient (Wildman–Crippen LogP) is 3.08. The van der Waals surface area contributed by atoms with Gasteiger partial charge in [-0.15, -0.1) is 11.3 Å². The molecular formula is C16H22N4O2S. The number of aromatic nitrogens is 2. The highest BCUT2D eigenvalue weighted by molar-refractivity contribution is 7.10.